The van der Waals surface area contributed by atoms with Gasteiger partial charge in [-0.15, -0.1) is 0 Å². The van der Waals surface area contributed by atoms with Crippen molar-refractivity contribution in [3.63, 3.8) is 0 Å². The zero-order valence-electron chi connectivity index (χ0n) is 22.0. The zero-order valence-corrected chi connectivity index (χ0v) is 22.0. The summed E-state index contributed by atoms with van der Waals surface area (Å²) in [6.07, 6.45) is 1.06. The van der Waals surface area contributed by atoms with E-state index >= 15 is 0 Å². The Morgan fingerprint density at radius 1 is 0.895 bits per heavy atom. The van der Waals surface area contributed by atoms with Crippen LogP contribution in [-0.2, 0) is 9.53 Å². The predicted molar refractivity (Wildman–Crippen MR) is 148 cm³/mol. The normalized spacial score (nSPS) is 11.8. The molecule has 1 heterocycles. The molecule has 196 valence electrons. The Labute approximate surface area is 223 Å². The Morgan fingerprint density at radius 3 is 2.26 bits per heavy atom. The number of hydrogen-bond acceptors (Lipinski definition) is 7. The molecule has 1 atom stereocenters. The van der Waals surface area contributed by atoms with Crippen LogP contribution in [0.3, 0.4) is 0 Å². The van der Waals surface area contributed by atoms with E-state index in [4.69, 9.17) is 9.26 Å². The first kappa shape index (κ1) is 26.8. The molecule has 0 radical (unpaired) electrons. The minimum Gasteiger partial charge on any atom is -0.466 e. The molecule has 3 aromatic carbocycles. The summed E-state index contributed by atoms with van der Waals surface area (Å²) in [6.45, 7) is 6.46. The van der Waals surface area contributed by atoms with Crippen molar-refractivity contribution >= 4 is 17.4 Å². The van der Waals surface area contributed by atoms with Crippen molar-refractivity contribution < 1.29 is 18.8 Å². The van der Waals surface area contributed by atoms with E-state index in [0.29, 0.717) is 42.6 Å². The molecule has 0 spiro atoms. The van der Waals surface area contributed by atoms with Crippen molar-refractivity contribution in [1.29, 1.82) is 0 Å². The molecule has 0 unspecified atom stereocenters. The fraction of sp³-hybridized carbons (Fsp3) is 0.290. The van der Waals surface area contributed by atoms with Crippen LogP contribution < -0.4 is 5.32 Å². The third kappa shape index (κ3) is 6.94. The monoisotopic (exact) mass is 511 g/mol. The average molecular weight is 512 g/mol. The molecule has 7 nitrogen and oxygen atoms in total. The summed E-state index contributed by atoms with van der Waals surface area (Å²) in [5, 5.41) is 7.74. The van der Waals surface area contributed by atoms with Gasteiger partial charge in [0.15, 0.2) is 5.78 Å². The predicted octanol–water partition coefficient (Wildman–Crippen LogP) is 7.13. The lowest BCUT2D eigenvalue weighted by Crippen LogP contribution is -2.16. The van der Waals surface area contributed by atoms with Crippen molar-refractivity contribution in [3.05, 3.63) is 90.0 Å². The van der Waals surface area contributed by atoms with Crippen LogP contribution in [0.25, 0.3) is 22.8 Å². The van der Waals surface area contributed by atoms with Gasteiger partial charge < -0.3 is 14.6 Å². The summed E-state index contributed by atoms with van der Waals surface area (Å²) in [5.74, 6) is 1.12. The Hall–Kier alpha value is -4.26. The number of rotatable bonds is 12. The van der Waals surface area contributed by atoms with Crippen molar-refractivity contribution in [1.82, 2.24) is 10.1 Å². The molecule has 7 heteroatoms. The van der Waals surface area contributed by atoms with Gasteiger partial charge in [-0.25, -0.2) is 0 Å². The first-order chi connectivity index (χ1) is 18.4. The Bertz CT molecular complexity index is 1330. The number of nitrogens with one attached hydrogen (secondary N) is 1. The minimum atomic E-state index is -0.262. The van der Waals surface area contributed by atoms with E-state index in [2.05, 4.69) is 41.4 Å². The molecule has 0 saturated carbocycles. The topological polar surface area (TPSA) is 94.3 Å². The number of anilines is 1. The van der Waals surface area contributed by atoms with Gasteiger partial charge in [0.1, 0.15) is 0 Å². The van der Waals surface area contributed by atoms with Gasteiger partial charge in [0.25, 0.3) is 5.89 Å². The third-order valence-corrected chi connectivity index (χ3v) is 6.26. The van der Waals surface area contributed by atoms with Gasteiger partial charge in [-0.1, -0.05) is 61.5 Å². The van der Waals surface area contributed by atoms with Crippen molar-refractivity contribution in [3.8, 4) is 22.8 Å². The number of Topliss-reactive ketones (excluding diaryl/α,β-unsaturated/α-hetero) is 1. The Kier molecular flexibility index (Phi) is 9.03. The third-order valence-electron chi connectivity index (χ3n) is 6.26. The van der Waals surface area contributed by atoms with Gasteiger partial charge >= 0.3 is 5.97 Å². The number of esters is 1. The lowest BCUT2D eigenvalue weighted by Gasteiger charge is -2.24. The largest absolute Gasteiger partial charge is 0.466 e. The van der Waals surface area contributed by atoms with Crippen molar-refractivity contribution in [2.24, 2.45) is 5.92 Å². The molecule has 1 N–H and O–H groups in total. The quantitative estimate of drug-likeness (QED) is 0.160. The second kappa shape index (κ2) is 12.8. The lowest BCUT2D eigenvalue weighted by molar-refractivity contribution is -0.143. The molecule has 1 aromatic heterocycles. The first-order valence-electron chi connectivity index (χ1n) is 13.0. The molecule has 38 heavy (non-hydrogen) atoms. The highest BCUT2D eigenvalue weighted by Crippen LogP contribution is 2.29. The maximum atomic E-state index is 12.5. The van der Waals surface area contributed by atoms with Gasteiger partial charge in [-0.2, -0.15) is 4.98 Å². The summed E-state index contributed by atoms with van der Waals surface area (Å²) >= 11 is 0. The SMILES string of the molecule is CCOC(=O)CCCC(=O)c1ccc(N[C@@H](c2ccc(-c3noc(-c4ccccc4)n3)cc2)C(C)C)cc1. The molecule has 0 aliphatic carbocycles. The van der Waals surface area contributed by atoms with Crippen molar-refractivity contribution in [2.75, 3.05) is 11.9 Å². The van der Waals surface area contributed by atoms with E-state index in [1.165, 1.54) is 0 Å². The van der Waals surface area contributed by atoms with E-state index in [9.17, 15) is 9.59 Å². The van der Waals surface area contributed by atoms with Crippen LogP contribution >= 0.6 is 0 Å². The van der Waals surface area contributed by atoms with E-state index in [0.717, 1.165) is 22.4 Å². The summed E-state index contributed by atoms with van der Waals surface area (Å²) in [4.78, 5) is 28.5. The second-order valence-electron chi connectivity index (χ2n) is 9.44. The smallest absolute Gasteiger partial charge is 0.305 e. The summed E-state index contributed by atoms with van der Waals surface area (Å²) in [5.41, 5.74) is 4.47. The van der Waals surface area contributed by atoms with Crippen LogP contribution in [0.2, 0.25) is 0 Å². The minimum absolute atomic E-state index is 0.0220. The number of carbonyl (C=O) groups excluding carboxylic acids is 2. The summed E-state index contributed by atoms with van der Waals surface area (Å²) in [7, 11) is 0. The number of hydrogen-bond donors (Lipinski definition) is 1. The van der Waals surface area contributed by atoms with Gasteiger partial charge in [0.05, 0.1) is 12.6 Å². The molecule has 0 bridgehead atoms. The van der Waals surface area contributed by atoms with Gasteiger partial charge in [0.2, 0.25) is 5.82 Å². The zero-order chi connectivity index (χ0) is 26.9. The molecular formula is C31H33N3O4. The van der Waals surface area contributed by atoms with Gasteiger partial charge in [-0.05, 0) is 61.2 Å². The molecule has 0 saturated heterocycles. The summed E-state index contributed by atoms with van der Waals surface area (Å²) < 4.78 is 10.4. The highest BCUT2D eigenvalue weighted by atomic mass is 16.5. The Balaban J connectivity index is 1.38. The highest BCUT2D eigenvalue weighted by molar-refractivity contribution is 5.96. The highest BCUT2D eigenvalue weighted by Gasteiger charge is 2.17. The lowest BCUT2D eigenvalue weighted by atomic mass is 9.94. The Morgan fingerprint density at radius 2 is 1.61 bits per heavy atom. The van der Waals surface area contributed by atoms with Gasteiger partial charge in [0, 0.05) is 35.2 Å². The van der Waals surface area contributed by atoms with E-state index in [-0.39, 0.29) is 24.2 Å². The van der Waals surface area contributed by atoms with Crippen LogP contribution in [-0.4, -0.2) is 28.5 Å². The maximum Gasteiger partial charge on any atom is 0.305 e. The number of ketones is 1. The van der Waals surface area contributed by atoms with E-state index in [1.807, 2.05) is 66.7 Å². The van der Waals surface area contributed by atoms with Crippen LogP contribution in [0, 0.1) is 5.92 Å². The average Bonchev–Trinajstić information content (AvgIpc) is 3.43. The molecule has 0 fully saturated rings. The number of benzene rings is 3. The second-order valence-corrected chi connectivity index (χ2v) is 9.44. The fourth-order valence-electron chi connectivity index (χ4n) is 4.22. The number of carbonyl (C=O) groups is 2. The van der Waals surface area contributed by atoms with Crippen LogP contribution in [0.1, 0.15) is 62.0 Å². The number of nitrogens with zero attached hydrogens (tertiary/aromatic N) is 2. The number of aromatic nitrogens is 2. The maximum absolute atomic E-state index is 12.5. The molecule has 0 aliphatic rings. The van der Waals surface area contributed by atoms with Gasteiger partial charge in [-0.3, -0.25) is 9.59 Å². The molecular weight excluding hydrogens is 478 g/mol. The first-order valence-corrected chi connectivity index (χ1v) is 13.0. The molecule has 4 rings (SSSR count). The summed E-state index contributed by atoms with van der Waals surface area (Å²) in [6, 6.07) is 25.4. The fourth-order valence-corrected chi connectivity index (χ4v) is 4.22. The van der Waals surface area contributed by atoms with Crippen molar-refractivity contribution in [2.45, 2.75) is 46.1 Å². The van der Waals surface area contributed by atoms with E-state index in [1.54, 1.807) is 6.92 Å². The van der Waals surface area contributed by atoms with Crippen LogP contribution in [0.5, 0.6) is 0 Å². The standard InChI is InChI=1S/C31H33N3O4/c1-4-37-28(36)12-8-11-27(35)22-17-19-26(20-18-22)32-29(21(2)3)23-13-15-24(16-14-23)30-33-31(38-34-30)25-9-6-5-7-10-25/h5-7,9-10,13-21,29,32H,4,8,11-12H2,1-3H3/t29-/m1/s1. The number of ether oxygens (including phenoxy) is 1. The molecule has 0 amide bonds. The van der Waals surface area contributed by atoms with Crippen LogP contribution in [0.15, 0.2) is 83.4 Å². The van der Waals surface area contributed by atoms with Crippen LogP contribution in [0.4, 0.5) is 5.69 Å². The molecule has 0 aliphatic heterocycles. The molecule has 4 aromatic rings. The van der Waals surface area contributed by atoms with E-state index < -0.39 is 0 Å².